The molecule has 0 aliphatic carbocycles. The van der Waals surface area contributed by atoms with E-state index in [1.165, 1.54) is 14.2 Å². The van der Waals surface area contributed by atoms with Gasteiger partial charge in [0.2, 0.25) is 0 Å². The van der Waals surface area contributed by atoms with Crippen molar-refractivity contribution < 1.29 is 14.2 Å². The molecule has 0 bridgehead atoms. The van der Waals surface area contributed by atoms with Gasteiger partial charge in [-0.25, -0.2) is 15.0 Å². The van der Waals surface area contributed by atoms with Crippen LogP contribution >= 0.6 is 23.2 Å². The average Bonchev–Trinajstić information content (AvgIpc) is 3.22. The maximum atomic E-state index is 6.56. The van der Waals surface area contributed by atoms with E-state index in [1.54, 1.807) is 18.3 Å². The Kier molecular flexibility index (Phi) is 5.49. The fraction of sp³-hybridized carbons (Fsp3) is 0.316. The number of nitrogens with one attached hydrogen (secondary N) is 1. The SMILES string of the molecule is COc1cc(OC)c(Cl)c(-c2nc(NC3CCOC3)c3cc(N)ncc3n2)c1Cl. The number of hydrogen-bond donors (Lipinski definition) is 2. The summed E-state index contributed by atoms with van der Waals surface area (Å²) in [5.41, 5.74) is 6.89. The van der Waals surface area contributed by atoms with Gasteiger partial charge in [-0.1, -0.05) is 23.2 Å². The van der Waals surface area contributed by atoms with E-state index in [1.807, 2.05) is 0 Å². The summed E-state index contributed by atoms with van der Waals surface area (Å²) in [7, 11) is 3.03. The van der Waals surface area contributed by atoms with Crippen molar-refractivity contribution in [3.63, 3.8) is 0 Å². The molecule has 0 spiro atoms. The number of ether oxygens (including phenoxy) is 3. The Morgan fingerprint density at radius 1 is 1.14 bits per heavy atom. The molecule has 8 nitrogen and oxygen atoms in total. The second-order valence-electron chi connectivity index (χ2n) is 6.51. The first-order valence-corrected chi connectivity index (χ1v) is 9.65. The Labute approximate surface area is 177 Å². The first kappa shape index (κ1) is 19.8. The number of anilines is 2. The lowest BCUT2D eigenvalue weighted by atomic mass is 10.1. The van der Waals surface area contributed by atoms with Crippen LogP contribution in [0.3, 0.4) is 0 Å². The Morgan fingerprint density at radius 2 is 1.86 bits per heavy atom. The topological polar surface area (TPSA) is 104 Å². The highest BCUT2D eigenvalue weighted by Gasteiger charge is 2.23. The van der Waals surface area contributed by atoms with Crippen molar-refractivity contribution in [2.24, 2.45) is 0 Å². The largest absolute Gasteiger partial charge is 0.495 e. The number of pyridine rings is 1. The van der Waals surface area contributed by atoms with Crippen LogP contribution in [0.2, 0.25) is 10.0 Å². The van der Waals surface area contributed by atoms with Gasteiger partial charge in [0.25, 0.3) is 0 Å². The Bertz CT molecular complexity index is 1050. The van der Waals surface area contributed by atoms with Gasteiger partial charge >= 0.3 is 0 Å². The summed E-state index contributed by atoms with van der Waals surface area (Å²) in [6, 6.07) is 3.47. The quantitative estimate of drug-likeness (QED) is 0.623. The third-order valence-electron chi connectivity index (χ3n) is 4.67. The minimum atomic E-state index is 0.126. The van der Waals surface area contributed by atoms with Gasteiger partial charge in [0.1, 0.15) is 23.1 Å². The van der Waals surface area contributed by atoms with Crippen molar-refractivity contribution in [1.29, 1.82) is 0 Å². The Hall–Kier alpha value is -2.55. The van der Waals surface area contributed by atoms with Crippen molar-refractivity contribution in [3.05, 3.63) is 28.4 Å². The molecule has 1 fully saturated rings. The van der Waals surface area contributed by atoms with Crippen LogP contribution in [0.25, 0.3) is 22.3 Å². The van der Waals surface area contributed by atoms with E-state index < -0.39 is 0 Å². The van der Waals surface area contributed by atoms with Crippen molar-refractivity contribution in [2.75, 3.05) is 38.5 Å². The van der Waals surface area contributed by atoms with Crippen LogP contribution in [0.15, 0.2) is 18.3 Å². The molecule has 0 radical (unpaired) electrons. The third kappa shape index (κ3) is 3.71. The zero-order valence-electron chi connectivity index (χ0n) is 15.8. The minimum absolute atomic E-state index is 0.126. The van der Waals surface area contributed by atoms with Crippen LogP contribution in [0.1, 0.15) is 6.42 Å². The molecule has 10 heteroatoms. The Balaban J connectivity index is 1.94. The molecular weight excluding hydrogens is 417 g/mol. The average molecular weight is 436 g/mol. The van der Waals surface area contributed by atoms with Crippen molar-refractivity contribution in [3.8, 4) is 22.9 Å². The van der Waals surface area contributed by atoms with Crippen molar-refractivity contribution in [1.82, 2.24) is 15.0 Å². The highest BCUT2D eigenvalue weighted by Crippen LogP contribution is 2.45. The highest BCUT2D eigenvalue weighted by molar-refractivity contribution is 6.41. The lowest BCUT2D eigenvalue weighted by Gasteiger charge is -2.17. The van der Waals surface area contributed by atoms with E-state index in [0.717, 1.165) is 11.8 Å². The number of methoxy groups -OCH3 is 2. The molecule has 3 N–H and O–H groups in total. The first-order valence-electron chi connectivity index (χ1n) is 8.89. The molecule has 1 saturated heterocycles. The molecule has 0 saturated carbocycles. The van der Waals surface area contributed by atoms with E-state index in [2.05, 4.69) is 15.3 Å². The van der Waals surface area contributed by atoms with Gasteiger partial charge in [-0.15, -0.1) is 0 Å². The van der Waals surface area contributed by atoms with Gasteiger partial charge in [0.15, 0.2) is 5.82 Å². The van der Waals surface area contributed by atoms with E-state index in [4.69, 9.17) is 48.1 Å². The molecule has 3 aromatic rings. The second kappa shape index (κ2) is 8.06. The van der Waals surface area contributed by atoms with Crippen molar-refractivity contribution >= 4 is 45.7 Å². The smallest absolute Gasteiger partial charge is 0.165 e. The first-order chi connectivity index (χ1) is 14.0. The van der Waals surface area contributed by atoms with E-state index in [-0.39, 0.29) is 16.1 Å². The molecule has 29 heavy (non-hydrogen) atoms. The third-order valence-corrected chi connectivity index (χ3v) is 5.42. The molecule has 1 aliphatic heterocycles. The van der Waals surface area contributed by atoms with Gasteiger partial charge in [-0.2, -0.15) is 0 Å². The molecule has 1 aliphatic rings. The molecule has 0 amide bonds. The number of fused-ring (bicyclic) bond motifs is 1. The van der Waals surface area contributed by atoms with Crippen LogP contribution in [0.5, 0.6) is 11.5 Å². The van der Waals surface area contributed by atoms with Gasteiger partial charge in [0.05, 0.1) is 54.2 Å². The molecule has 4 rings (SSSR count). The highest BCUT2D eigenvalue weighted by atomic mass is 35.5. The summed E-state index contributed by atoms with van der Waals surface area (Å²) >= 11 is 13.1. The lowest BCUT2D eigenvalue weighted by molar-refractivity contribution is 0.195. The fourth-order valence-corrected chi connectivity index (χ4v) is 3.86. The lowest BCUT2D eigenvalue weighted by Crippen LogP contribution is -2.20. The van der Waals surface area contributed by atoms with E-state index >= 15 is 0 Å². The maximum absolute atomic E-state index is 6.56. The van der Waals surface area contributed by atoms with Crippen LogP contribution in [0.4, 0.5) is 11.6 Å². The number of nitrogens with zero attached hydrogens (tertiary/aromatic N) is 3. The standard InChI is InChI=1S/C19H19Cl2N5O3/c1-27-12-6-13(28-2)17(21)15(16(12)20)19-25-11-7-23-14(22)5-10(11)18(26-19)24-9-3-4-29-8-9/h5-7,9H,3-4,8H2,1-2H3,(H2,22,23)(H,24,25,26). The molecule has 1 aromatic carbocycles. The van der Waals surface area contributed by atoms with Crippen LogP contribution in [-0.2, 0) is 4.74 Å². The van der Waals surface area contributed by atoms with Gasteiger partial charge < -0.3 is 25.3 Å². The monoisotopic (exact) mass is 435 g/mol. The van der Waals surface area contributed by atoms with E-state index in [0.29, 0.717) is 53.3 Å². The van der Waals surface area contributed by atoms with Crippen molar-refractivity contribution in [2.45, 2.75) is 12.5 Å². The van der Waals surface area contributed by atoms with Crippen LogP contribution < -0.4 is 20.5 Å². The van der Waals surface area contributed by atoms with Gasteiger partial charge in [0, 0.05) is 18.1 Å². The molecular formula is C19H19Cl2N5O3. The molecule has 3 heterocycles. The van der Waals surface area contributed by atoms with Gasteiger partial charge in [-0.05, 0) is 12.5 Å². The number of benzene rings is 1. The van der Waals surface area contributed by atoms with Crippen LogP contribution in [-0.4, -0.2) is 48.4 Å². The zero-order chi connectivity index (χ0) is 20.5. The zero-order valence-corrected chi connectivity index (χ0v) is 17.3. The summed E-state index contributed by atoms with van der Waals surface area (Å²) in [6.45, 7) is 1.29. The minimum Gasteiger partial charge on any atom is -0.495 e. The molecule has 1 unspecified atom stereocenters. The maximum Gasteiger partial charge on any atom is 0.165 e. The number of rotatable bonds is 5. The molecule has 1 atom stereocenters. The number of nitrogens with two attached hydrogens (primary N) is 1. The summed E-state index contributed by atoms with van der Waals surface area (Å²) in [6.07, 6.45) is 2.46. The summed E-state index contributed by atoms with van der Waals surface area (Å²) in [5, 5.41) is 4.73. The summed E-state index contributed by atoms with van der Waals surface area (Å²) < 4.78 is 16.2. The summed E-state index contributed by atoms with van der Waals surface area (Å²) in [5.74, 6) is 2.10. The molecule has 2 aromatic heterocycles. The number of halogens is 2. The normalized spacial score (nSPS) is 16.2. The van der Waals surface area contributed by atoms with Crippen LogP contribution in [0, 0.1) is 0 Å². The second-order valence-corrected chi connectivity index (χ2v) is 7.27. The molecule has 152 valence electrons. The summed E-state index contributed by atoms with van der Waals surface area (Å²) in [4.78, 5) is 13.5. The van der Waals surface area contributed by atoms with E-state index in [9.17, 15) is 0 Å². The number of aromatic nitrogens is 3. The fourth-order valence-electron chi connectivity index (χ4n) is 3.19. The predicted molar refractivity (Wildman–Crippen MR) is 113 cm³/mol. The number of hydrogen-bond acceptors (Lipinski definition) is 8. The Morgan fingerprint density at radius 3 is 2.48 bits per heavy atom. The number of nitrogen functional groups attached to an aromatic ring is 1. The van der Waals surface area contributed by atoms with Gasteiger partial charge in [-0.3, -0.25) is 0 Å². The predicted octanol–water partition coefficient (Wildman–Crippen LogP) is 3.80.